The molecule has 0 aliphatic rings. The van der Waals surface area contributed by atoms with E-state index in [4.69, 9.17) is 11.6 Å². The van der Waals surface area contributed by atoms with Crippen molar-refractivity contribution in [3.05, 3.63) is 0 Å². The van der Waals surface area contributed by atoms with E-state index < -0.39 is 0 Å². The summed E-state index contributed by atoms with van der Waals surface area (Å²) >= 11 is 5.00. The van der Waals surface area contributed by atoms with Crippen LogP contribution in [-0.4, -0.2) is 18.5 Å². The van der Waals surface area contributed by atoms with Gasteiger partial charge in [0.1, 0.15) is 0 Å². The first-order valence-electron chi connectivity index (χ1n) is 2.88. The zero-order valence-electron chi connectivity index (χ0n) is 7.11. The van der Waals surface area contributed by atoms with Gasteiger partial charge < -0.3 is 4.74 Å². The van der Waals surface area contributed by atoms with Crippen LogP contribution in [-0.2, 0) is 9.53 Å². The standard InChI is InChI=1S/C4H8O2.C2H5Cl/c1-3-6-4(2)5;1-2-3/h3H2,1-2H3;2H2,1H3/p+1. The third-order valence-electron chi connectivity index (χ3n) is 0.348. The molecule has 0 bridgehead atoms. The Morgan fingerprint density at radius 1 is 1.67 bits per heavy atom. The molecule has 0 saturated heterocycles. The molecule has 0 aliphatic carbocycles. The van der Waals surface area contributed by atoms with Gasteiger partial charge in [0.15, 0.2) is 0 Å². The van der Waals surface area contributed by atoms with Crippen LogP contribution in [0.1, 0.15) is 22.2 Å². The molecular weight excluding hydrogens is 140 g/mol. The van der Waals surface area contributed by atoms with Crippen molar-refractivity contribution in [2.24, 2.45) is 0 Å². The van der Waals surface area contributed by atoms with Crippen molar-refractivity contribution < 1.29 is 11.0 Å². The fourth-order valence-electron chi connectivity index (χ4n) is 0.203. The lowest BCUT2D eigenvalue weighted by Crippen LogP contribution is -1.95. The van der Waals surface area contributed by atoms with Crippen LogP contribution in [0.25, 0.3) is 0 Å². The highest BCUT2D eigenvalue weighted by Gasteiger charge is 1.81. The van der Waals surface area contributed by atoms with Gasteiger partial charge in [0.05, 0.1) is 6.61 Å². The van der Waals surface area contributed by atoms with Crippen LogP contribution in [0.5, 0.6) is 0 Å². The van der Waals surface area contributed by atoms with E-state index in [1.165, 1.54) is 6.92 Å². The number of hydrogen-bond donors (Lipinski definition) is 0. The molecule has 0 aromatic carbocycles. The van der Waals surface area contributed by atoms with E-state index >= 15 is 0 Å². The normalized spacial score (nSPS) is 7.11. The molecule has 0 rings (SSSR count). The number of ether oxygens (including phenoxy) is 1. The largest absolute Gasteiger partial charge is 1.00 e. The van der Waals surface area contributed by atoms with E-state index in [2.05, 4.69) is 4.74 Å². The lowest BCUT2D eigenvalue weighted by Gasteiger charge is -1.89. The average Bonchev–Trinajstić information content (AvgIpc) is 1.67. The van der Waals surface area contributed by atoms with Gasteiger partial charge in [-0.25, -0.2) is 0 Å². The minimum Gasteiger partial charge on any atom is -0.466 e. The van der Waals surface area contributed by atoms with Crippen LogP contribution in [0.3, 0.4) is 0 Å². The fourth-order valence-corrected chi connectivity index (χ4v) is 0.203. The Bertz CT molecular complexity index is 68.8. The average molecular weight is 154 g/mol. The predicted octanol–water partition coefficient (Wildman–Crippen LogP) is 1.93. The molecule has 0 aliphatic heterocycles. The fraction of sp³-hybridized carbons (Fsp3) is 0.833. The summed E-state index contributed by atoms with van der Waals surface area (Å²) in [6.45, 7) is 5.54. The van der Waals surface area contributed by atoms with E-state index in [0.29, 0.717) is 6.61 Å². The Kier molecular flexibility index (Phi) is 13.7. The molecule has 0 N–H and O–H groups in total. The molecule has 0 aromatic rings. The van der Waals surface area contributed by atoms with Gasteiger partial charge >= 0.3 is 7.40 Å². The molecule has 0 unspecified atom stereocenters. The number of rotatable bonds is 1. The van der Waals surface area contributed by atoms with E-state index in [9.17, 15) is 4.79 Å². The molecule has 2 nitrogen and oxygen atoms in total. The van der Waals surface area contributed by atoms with Crippen molar-refractivity contribution in [2.45, 2.75) is 20.8 Å². The van der Waals surface area contributed by atoms with Gasteiger partial charge in [0, 0.05) is 12.8 Å². The van der Waals surface area contributed by atoms with E-state index in [0.717, 1.165) is 5.88 Å². The van der Waals surface area contributed by atoms with Crippen molar-refractivity contribution in [1.82, 2.24) is 0 Å². The minimum absolute atomic E-state index is 0. The number of carbonyl (C=O) groups is 1. The summed E-state index contributed by atoms with van der Waals surface area (Å²) in [5.74, 6) is 0.512. The second-order valence-electron chi connectivity index (χ2n) is 1.19. The van der Waals surface area contributed by atoms with Crippen molar-refractivity contribution in [3.63, 3.8) is 0 Å². The highest BCUT2D eigenvalue weighted by Crippen LogP contribution is 1.69. The third kappa shape index (κ3) is 33.8. The maximum Gasteiger partial charge on any atom is 1.00 e. The maximum absolute atomic E-state index is 9.82. The zero-order chi connectivity index (χ0) is 7.70. The Morgan fingerprint density at radius 2 is 2.00 bits per heavy atom. The highest BCUT2D eigenvalue weighted by molar-refractivity contribution is 6.17. The Labute approximate surface area is 62.6 Å². The summed E-state index contributed by atoms with van der Waals surface area (Å²) in [5, 5.41) is 0. The van der Waals surface area contributed by atoms with E-state index in [1.807, 2.05) is 6.92 Å². The van der Waals surface area contributed by atoms with Gasteiger partial charge in [0.2, 0.25) is 0 Å². The second kappa shape index (κ2) is 10.7. The maximum atomic E-state index is 9.82. The summed E-state index contributed by atoms with van der Waals surface area (Å²) in [5.41, 5.74) is 0. The molecule has 0 radical (unpaired) electrons. The molecule has 9 heavy (non-hydrogen) atoms. The van der Waals surface area contributed by atoms with Crippen molar-refractivity contribution in [1.29, 1.82) is 0 Å². The monoisotopic (exact) mass is 153 g/mol. The van der Waals surface area contributed by atoms with Crippen molar-refractivity contribution in [3.8, 4) is 0 Å². The number of alkyl halides is 1. The van der Waals surface area contributed by atoms with Crippen LogP contribution >= 0.6 is 11.6 Å². The van der Waals surface area contributed by atoms with Crippen molar-refractivity contribution in [2.75, 3.05) is 12.5 Å². The second-order valence-corrected chi connectivity index (χ2v) is 1.73. The van der Waals surface area contributed by atoms with Gasteiger partial charge in [0.25, 0.3) is 0 Å². The summed E-state index contributed by atoms with van der Waals surface area (Å²) in [6.07, 6.45) is 0. The number of hydrogen-bond acceptors (Lipinski definition) is 2. The zero-order valence-corrected chi connectivity index (χ0v) is 6.86. The molecule has 0 amide bonds. The first-order chi connectivity index (χ1) is 4.18. The third-order valence-corrected chi connectivity index (χ3v) is 0.348. The van der Waals surface area contributed by atoms with Gasteiger partial charge in [-0.15, -0.1) is 11.6 Å². The first-order valence-corrected chi connectivity index (χ1v) is 3.41. The molecule has 0 atom stereocenters. The van der Waals surface area contributed by atoms with E-state index in [-0.39, 0.29) is 7.40 Å². The quantitative estimate of drug-likeness (QED) is 0.425. The Balaban J connectivity index is -0.000000107. The minimum atomic E-state index is -0.211. The smallest absolute Gasteiger partial charge is 0.466 e. The molecule has 0 fully saturated rings. The Hall–Kier alpha value is -0.240. The number of halogens is 1. The van der Waals surface area contributed by atoms with Gasteiger partial charge in [-0.2, -0.15) is 0 Å². The number of carbonyl (C=O) groups excluding carboxylic acids is 1. The molecular formula is C6H14ClO2+. The van der Waals surface area contributed by atoms with Crippen LogP contribution in [0, 0.1) is 0 Å². The van der Waals surface area contributed by atoms with Crippen LogP contribution < -0.4 is 0 Å². The van der Waals surface area contributed by atoms with Gasteiger partial charge in [-0.3, -0.25) is 4.79 Å². The molecule has 3 heteroatoms. The van der Waals surface area contributed by atoms with Crippen LogP contribution in [0.2, 0.25) is 0 Å². The summed E-state index contributed by atoms with van der Waals surface area (Å²) in [7, 11) is 0. The summed E-state index contributed by atoms with van der Waals surface area (Å²) < 4.78 is 4.40. The van der Waals surface area contributed by atoms with Crippen LogP contribution in [0.15, 0.2) is 0 Å². The SMILES string of the molecule is CCCl.CCOC(C)=O.[H+]. The lowest BCUT2D eigenvalue weighted by molar-refractivity contribution is -0.140. The molecule has 0 saturated carbocycles. The van der Waals surface area contributed by atoms with Crippen LogP contribution in [0.4, 0.5) is 0 Å². The lowest BCUT2D eigenvalue weighted by atomic mass is 10.8. The molecule has 56 valence electrons. The van der Waals surface area contributed by atoms with Gasteiger partial charge in [-0.05, 0) is 6.92 Å². The van der Waals surface area contributed by atoms with Gasteiger partial charge in [-0.1, -0.05) is 6.92 Å². The first kappa shape index (κ1) is 11.5. The topological polar surface area (TPSA) is 26.3 Å². The summed E-state index contributed by atoms with van der Waals surface area (Å²) in [4.78, 5) is 9.82. The molecule has 0 heterocycles. The highest BCUT2D eigenvalue weighted by atomic mass is 35.5. The predicted molar refractivity (Wildman–Crippen MR) is 39.8 cm³/mol. The molecule has 0 aromatic heterocycles. The van der Waals surface area contributed by atoms with E-state index in [1.54, 1.807) is 6.92 Å². The van der Waals surface area contributed by atoms with Crippen molar-refractivity contribution >= 4 is 17.6 Å². The number of esters is 1. The Morgan fingerprint density at radius 3 is 2.00 bits per heavy atom. The summed E-state index contributed by atoms with van der Waals surface area (Å²) in [6, 6.07) is 0. The molecule has 0 spiro atoms.